The average Bonchev–Trinajstić information content (AvgIpc) is 2.87. The molecule has 1 amide bonds. The molecule has 0 bridgehead atoms. The fourth-order valence-electron chi connectivity index (χ4n) is 3.44. The summed E-state index contributed by atoms with van der Waals surface area (Å²) >= 11 is 0. The van der Waals surface area contributed by atoms with E-state index in [-0.39, 0.29) is 5.91 Å². The lowest BCUT2D eigenvalue weighted by atomic mass is 10.1. The number of anilines is 3. The molecule has 35 heavy (non-hydrogen) atoms. The Kier molecular flexibility index (Phi) is 7.33. The molecule has 2 aromatic heterocycles. The summed E-state index contributed by atoms with van der Waals surface area (Å²) in [4.78, 5) is 21.1. The van der Waals surface area contributed by atoms with E-state index in [2.05, 4.69) is 27.2 Å². The summed E-state index contributed by atoms with van der Waals surface area (Å²) in [6, 6.07) is 20.0. The molecule has 0 aliphatic rings. The maximum Gasteiger partial charge on any atom is 0.255 e. The van der Waals surface area contributed by atoms with Gasteiger partial charge in [-0.3, -0.25) is 14.8 Å². The van der Waals surface area contributed by atoms with Gasteiger partial charge in [-0.1, -0.05) is 18.2 Å². The molecule has 2 heterocycles. The molecule has 2 N–H and O–H groups in total. The quantitative estimate of drug-likeness (QED) is 0.383. The van der Waals surface area contributed by atoms with Crippen molar-refractivity contribution in [1.29, 1.82) is 0 Å². The number of pyridine rings is 2. The van der Waals surface area contributed by atoms with Crippen LogP contribution in [0.15, 0.2) is 97.5 Å². The highest BCUT2D eigenvalue weighted by atomic mass is 16.5. The number of rotatable bonds is 7. The summed E-state index contributed by atoms with van der Waals surface area (Å²) in [6.45, 7) is 7.89. The molecule has 174 valence electrons. The van der Waals surface area contributed by atoms with Crippen molar-refractivity contribution in [2.24, 2.45) is 0 Å². The molecule has 0 atom stereocenters. The van der Waals surface area contributed by atoms with E-state index in [0.717, 1.165) is 27.5 Å². The Balaban J connectivity index is 1.43. The van der Waals surface area contributed by atoms with E-state index in [1.54, 1.807) is 67.1 Å². The van der Waals surface area contributed by atoms with Crippen molar-refractivity contribution >= 4 is 35.1 Å². The van der Waals surface area contributed by atoms with E-state index in [1.807, 2.05) is 44.2 Å². The summed E-state index contributed by atoms with van der Waals surface area (Å²) in [7, 11) is 0. The number of benzene rings is 2. The number of aromatic nitrogens is 2. The molecule has 6 heteroatoms. The van der Waals surface area contributed by atoms with Crippen molar-refractivity contribution in [2.75, 3.05) is 10.6 Å². The van der Waals surface area contributed by atoms with E-state index >= 15 is 0 Å². The van der Waals surface area contributed by atoms with Crippen LogP contribution in [0, 0.1) is 0 Å². The lowest BCUT2D eigenvalue weighted by Gasteiger charge is -2.10. The normalized spacial score (nSPS) is 11.7. The first-order valence-electron chi connectivity index (χ1n) is 11.2. The predicted molar refractivity (Wildman–Crippen MR) is 141 cm³/mol. The first kappa shape index (κ1) is 23.4. The number of carbonyl (C=O) groups is 1. The van der Waals surface area contributed by atoms with Crippen LogP contribution in [0.3, 0.4) is 0 Å². The van der Waals surface area contributed by atoms with E-state index in [0.29, 0.717) is 22.7 Å². The maximum absolute atomic E-state index is 12.7. The SMILES string of the molecule is C=C(C)/C=c1/c(Nc2ccc(C(=O)Nc3ccc(Oc4ccncc4)cc3)cc2)ccn/c1=C/C. The second-order valence-corrected chi connectivity index (χ2v) is 7.90. The van der Waals surface area contributed by atoms with Crippen LogP contribution in [-0.2, 0) is 0 Å². The molecule has 0 spiro atoms. The van der Waals surface area contributed by atoms with Gasteiger partial charge in [0.05, 0.1) is 5.35 Å². The highest BCUT2D eigenvalue weighted by Crippen LogP contribution is 2.23. The smallest absolute Gasteiger partial charge is 0.255 e. The van der Waals surface area contributed by atoms with Gasteiger partial charge in [-0.2, -0.15) is 0 Å². The van der Waals surface area contributed by atoms with Gasteiger partial charge in [0.2, 0.25) is 0 Å². The van der Waals surface area contributed by atoms with E-state index in [1.165, 1.54) is 0 Å². The first-order valence-corrected chi connectivity index (χ1v) is 11.2. The Morgan fingerprint density at radius 2 is 1.54 bits per heavy atom. The second-order valence-electron chi connectivity index (χ2n) is 7.90. The van der Waals surface area contributed by atoms with Crippen molar-refractivity contribution in [2.45, 2.75) is 13.8 Å². The lowest BCUT2D eigenvalue weighted by Crippen LogP contribution is -2.30. The van der Waals surface area contributed by atoms with Crippen LogP contribution in [0.4, 0.5) is 17.1 Å². The molecule has 0 aliphatic heterocycles. The molecular weight excluding hydrogens is 436 g/mol. The zero-order chi connectivity index (χ0) is 24.6. The summed E-state index contributed by atoms with van der Waals surface area (Å²) in [6.07, 6.45) is 9.07. The van der Waals surface area contributed by atoms with Crippen LogP contribution in [-0.4, -0.2) is 15.9 Å². The van der Waals surface area contributed by atoms with Gasteiger partial charge in [-0.25, -0.2) is 0 Å². The topological polar surface area (TPSA) is 76.1 Å². The Morgan fingerprint density at radius 1 is 0.886 bits per heavy atom. The van der Waals surface area contributed by atoms with Gasteiger partial charge in [0.15, 0.2) is 0 Å². The zero-order valence-electron chi connectivity index (χ0n) is 19.7. The number of carbonyl (C=O) groups excluding carboxylic acids is 1. The monoisotopic (exact) mass is 462 g/mol. The van der Waals surface area contributed by atoms with Crippen LogP contribution in [0.2, 0.25) is 0 Å². The number of nitrogens with zero attached hydrogens (tertiary/aromatic N) is 2. The van der Waals surface area contributed by atoms with Crippen LogP contribution in [0.25, 0.3) is 12.2 Å². The maximum atomic E-state index is 12.7. The molecule has 0 radical (unpaired) electrons. The van der Waals surface area contributed by atoms with Gasteiger partial charge in [0.1, 0.15) is 11.5 Å². The molecule has 4 aromatic rings. The number of ether oxygens (including phenoxy) is 1. The summed E-state index contributed by atoms with van der Waals surface area (Å²) in [5.74, 6) is 1.18. The number of amides is 1. The molecule has 0 fully saturated rings. The van der Waals surface area contributed by atoms with Crippen molar-refractivity contribution in [3.63, 3.8) is 0 Å². The van der Waals surface area contributed by atoms with Crippen molar-refractivity contribution < 1.29 is 9.53 Å². The Morgan fingerprint density at radius 3 is 2.20 bits per heavy atom. The van der Waals surface area contributed by atoms with Crippen molar-refractivity contribution in [1.82, 2.24) is 9.97 Å². The highest BCUT2D eigenvalue weighted by molar-refractivity contribution is 6.04. The number of hydrogen-bond acceptors (Lipinski definition) is 5. The van der Waals surface area contributed by atoms with E-state index < -0.39 is 0 Å². The molecule has 0 aliphatic carbocycles. The fraction of sp³-hybridized carbons (Fsp3) is 0.0690. The molecule has 2 aromatic carbocycles. The van der Waals surface area contributed by atoms with Crippen LogP contribution in [0.1, 0.15) is 24.2 Å². The van der Waals surface area contributed by atoms with E-state index in [4.69, 9.17) is 4.74 Å². The summed E-state index contributed by atoms with van der Waals surface area (Å²) in [5, 5.41) is 8.18. The van der Waals surface area contributed by atoms with Crippen LogP contribution in [0.5, 0.6) is 11.5 Å². The number of allylic oxidation sites excluding steroid dienone is 1. The number of hydrogen-bond donors (Lipinski definition) is 2. The summed E-state index contributed by atoms with van der Waals surface area (Å²) < 4.78 is 5.76. The van der Waals surface area contributed by atoms with E-state index in [9.17, 15) is 4.79 Å². The third kappa shape index (κ3) is 6.21. The minimum Gasteiger partial charge on any atom is -0.457 e. The lowest BCUT2D eigenvalue weighted by molar-refractivity contribution is 0.102. The Bertz CT molecular complexity index is 1450. The molecule has 0 saturated carbocycles. The first-order chi connectivity index (χ1) is 17.0. The van der Waals surface area contributed by atoms with Gasteiger partial charge in [0.25, 0.3) is 5.91 Å². The average molecular weight is 463 g/mol. The minimum atomic E-state index is -0.192. The van der Waals surface area contributed by atoms with Crippen LogP contribution < -0.4 is 25.9 Å². The van der Waals surface area contributed by atoms with Gasteiger partial charge < -0.3 is 15.4 Å². The minimum absolute atomic E-state index is 0.192. The Hall–Kier alpha value is -4.71. The Labute approximate surface area is 204 Å². The van der Waals surface area contributed by atoms with Gasteiger partial charge in [0, 0.05) is 46.4 Å². The standard InChI is InChI=1S/C29H26N4O2/c1-4-27-26(19-20(2)3)28(15-18-31-27)32-22-7-5-21(6-8-22)29(34)33-23-9-11-24(12-10-23)35-25-13-16-30-17-14-25/h4-19,32H,2H2,1,3H3,(H,33,34)/b26-19+,27-4+. The largest absolute Gasteiger partial charge is 0.457 e. The zero-order valence-corrected chi connectivity index (χ0v) is 19.7. The second kappa shape index (κ2) is 10.9. The van der Waals surface area contributed by atoms with Crippen molar-refractivity contribution in [3.8, 4) is 11.5 Å². The fourth-order valence-corrected chi connectivity index (χ4v) is 3.44. The number of nitrogens with one attached hydrogen (secondary N) is 2. The predicted octanol–water partition coefficient (Wildman–Crippen LogP) is 5.42. The molecule has 0 saturated heterocycles. The van der Waals surface area contributed by atoms with Gasteiger partial charge in [-0.05, 0) is 86.7 Å². The highest BCUT2D eigenvalue weighted by Gasteiger charge is 2.07. The van der Waals surface area contributed by atoms with Gasteiger partial charge >= 0.3 is 0 Å². The third-order valence-corrected chi connectivity index (χ3v) is 5.11. The molecule has 0 unspecified atom stereocenters. The van der Waals surface area contributed by atoms with Crippen molar-refractivity contribution in [3.05, 3.63) is 114 Å². The molecule has 4 rings (SSSR count). The van der Waals surface area contributed by atoms with Crippen LogP contribution >= 0.6 is 0 Å². The molecular formula is C29H26N4O2. The van der Waals surface area contributed by atoms with Gasteiger partial charge in [-0.15, -0.1) is 0 Å². The third-order valence-electron chi connectivity index (χ3n) is 5.11. The summed E-state index contributed by atoms with van der Waals surface area (Å²) in [5.41, 5.74) is 3.96. The molecule has 6 nitrogen and oxygen atoms in total.